The van der Waals surface area contributed by atoms with Gasteiger partial charge in [0.15, 0.2) is 5.76 Å². The Hall–Kier alpha value is -3.24. The van der Waals surface area contributed by atoms with Gasteiger partial charge in [-0.3, -0.25) is 9.78 Å². The average molecular weight is 462 g/mol. The largest absolute Gasteiger partial charge is 0.491 e. The van der Waals surface area contributed by atoms with E-state index in [1.54, 1.807) is 55.7 Å². The standard InChI is InChI=1S/C23H25F3N4O3/c1-29(2)12-9-20(33-22(32)23(24,25)26)21(31)30(13-8-16-6-10-27-11-7-16)19-5-3-4-17-14-28-15-18(17)19/h3-7,9-11,28H,8,12-15H2,1-2H3/b20-9+. The molecule has 1 aromatic carbocycles. The van der Waals surface area contributed by atoms with E-state index in [-0.39, 0.29) is 13.1 Å². The molecular formula is C23H25F3N4O3. The van der Waals surface area contributed by atoms with Crippen LogP contribution in [0, 0.1) is 0 Å². The molecule has 0 unspecified atom stereocenters. The van der Waals surface area contributed by atoms with Gasteiger partial charge in [0.05, 0.1) is 0 Å². The number of benzene rings is 1. The normalized spacial score (nSPS) is 13.7. The third kappa shape index (κ3) is 6.39. The van der Waals surface area contributed by atoms with Crippen molar-refractivity contribution >= 4 is 17.6 Å². The number of alkyl halides is 3. The Morgan fingerprint density at radius 1 is 1.15 bits per heavy atom. The molecule has 0 atom stereocenters. The summed E-state index contributed by atoms with van der Waals surface area (Å²) in [7, 11) is 3.36. The zero-order valence-electron chi connectivity index (χ0n) is 18.4. The number of anilines is 1. The van der Waals surface area contributed by atoms with Gasteiger partial charge in [0.25, 0.3) is 5.91 Å². The van der Waals surface area contributed by atoms with Crippen molar-refractivity contribution in [2.75, 3.05) is 32.1 Å². The van der Waals surface area contributed by atoms with Crippen LogP contribution in [0.15, 0.2) is 54.6 Å². The molecule has 1 aromatic heterocycles. The van der Waals surface area contributed by atoms with Crippen molar-refractivity contribution in [1.82, 2.24) is 15.2 Å². The predicted octanol–water partition coefficient (Wildman–Crippen LogP) is 2.81. The SMILES string of the molecule is CN(C)C/C=C(/OC(=O)C(F)(F)F)C(=O)N(CCc1ccncc1)c1cccc2c1CNC2. The molecule has 10 heteroatoms. The number of aromatic nitrogens is 1. The van der Waals surface area contributed by atoms with Crippen molar-refractivity contribution in [2.24, 2.45) is 0 Å². The van der Waals surface area contributed by atoms with Crippen LogP contribution in [0.4, 0.5) is 18.9 Å². The average Bonchev–Trinajstić information content (AvgIpc) is 3.26. The maximum absolute atomic E-state index is 13.5. The molecule has 0 fully saturated rings. The number of likely N-dealkylation sites (N-methyl/N-ethyl adjacent to an activating group) is 1. The summed E-state index contributed by atoms with van der Waals surface area (Å²) in [4.78, 5) is 32.0. The van der Waals surface area contributed by atoms with Gasteiger partial charge in [-0.25, -0.2) is 4.79 Å². The molecule has 1 aliphatic heterocycles. The van der Waals surface area contributed by atoms with Gasteiger partial charge in [0, 0.05) is 44.3 Å². The Kier molecular flexibility index (Phi) is 7.83. The summed E-state index contributed by atoms with van der Waals surface area (Å²) < 4.78 is 43.2. The molecule has 3 rings (SSSR count). The van der Waals surface area contributed by atoms with Crippen molar-refractivity contribution in [2.45, 2.75) is 25.7 Å². The van der Waals surface area contributed by atoms with E-state index in [0.29, 0.717) is 25.2 Å². The highest BCUT2D eigenvalue weighted by Crippen LogP contribution is 2.29. The molecule has 0 radical (unpaired) electrons. The molecule has 1 aliphatic rings. The van der Waals surface area contributed by atoms with Crippen LogP contribution >= 0.6 is 0 Å². The lowest BCUT2D eigenvalue weighted by Gasteiger charge is -2.26. The molecule has 33 heavy (non-hydrogen) atoms. The minimum atomic E-state index is -5.22. The van der Waals surface area contributed by atoms with Gasteiger partial charge in [0.1, 0.15) is 0 Å². The van der Waals surface area contributed by atoms with E-state index in [1.807, 2.05) is 6.07 Å². The van der Waals surface area contributed by atoms with Gasteiger partial charge < -0.3 is 19.9 Å². The summed E-state index contributed by atoms with van der Waals surface area (Å²) >= 11 is 0. The van der Waals surface area contributed by atoms with Crippen LogP contribution in [0.1, 0.15) is 16.7 Å². The van der Waals surface area contributed by atoms with Gasteiger partial charge in [0.2, 0.25) is 0 Å². The fraction of sp³-hybridized carbons (Fsp3) is 0.348. The second-order valence-electron chi connectivity index (χ2n) is 7.80. The smallest absolute Gasteiger partial charge is 0.414 e. The van der Waals surface area contributed by atoms with Crippen molar-refractivity contribution in [1.29, 1.82) is 0 Å². The Morgan fingerprint density at radius 2 is 1.88 bits per heavy atom. The first kappa shape index (κ1) is 24.4. The number of fused-ring (bicyclic) bond motifs is 1. The minimum Gasteiger partial charge on any atom is -0.414 e. The van der Waals surface area contributed by atoms with Crippen LogP contribution in [-0.2, 0) is 33.8 Å². The lowest BCUT2D eigenvalue weighted by Crippen LogP contribution is -2.38. The highest BCUT2D eigenvalue weighted by Gasteiger charge is 2.43. The van der Waals surface area contributed by atoms with Crippen LogP contribution < -0.4 is 10.2 Å². The first-order chi connectivity index (χ1) is 15.7. The van der Waals surface area contributed by atoms with E-state index in [1.165, 1.54) is 11.0 Å². The molecule has 0 aliphatic carbocycles. The fourth-order valence-electron chi connectivity index (χ4n) is 3.42. The summed E-state index contributed by atoms with van der Waals surface area (Å²) in [6, 6.07) is 9.05. The molecule has 1 N–H and O–H groups in total. The topological polar surface area (TPSA) is 74.8 Å². The predicted molar refractivity (Wildman–Crippen MR) is 116 cm³/mol. The zero-order valence-corrected chi connectivity index (χ0v) is 18.4. The zero-order chi connectivity index (χ0) is 24.0. The number of hydrogen-bond donors (Lipinski definition) is 1. The van der Waals surface area contributed by atoms with Crippen LogP contribution in [-0.4, -0.2) is 55.1 Å². The summed E-state index contributed by atoms with van der Waals surface area (Å²) in [5, 5.41) is 3.22. The molecule has 1 amide bonds. The van der Waals surface area contributed by atoms with Crippen molar-refractivity contribution < 1.29 is 27.5 Å². The van der Waals surface area contributed by atoms with E-state index in [0.717, 1.165) is 16.7 Å². The van der Waals surface area contributed by atoms with Gasteiger partial charge in [-0.05, 0) is 61.5 Å². The molecule has 0 bridgehead atoms. The minimum absolute atomic E-state index is 0.110. The van der Waals surface area contributed by atoms with Gasteiger partial charge in [-0.2, -0.15) is 13.2 Å². The van der Waals surface area contributed by atoms with E-state index < -0.39 is 23.8 Å². The Bertz CT molecular complexity index is 1020. The molecule has 2 aromatic rings. The summed E-state index contributed by atoms with van der Waals surface area (Å²) in [6.45, 7) is 1.42. The van der Waals surface area contributed by atoms with E-state index >= 15 is 0 Å². The summed E-state index contributed by atoms with van der Waals surface area (Å²) in [5.41, 5.74) is 3.35. The first-order valence-electron chi connectivity index (χ1n) is 10.3. The highest BCUT2D eigenvalue weighted by molar-refractivity contribution is 6.06. The lowest BCUT2D eigenvalue weighted by molar-refractivity contribution is -0.195. The maximum atomic E-state index is 13.5. The van der Waals surface area contributed by atoms with Gasteiger partial charge in [-0.1, -0.05) is 12.1 Å². The van der Waals surface area contributed by atoms with E-state index in [4.69, 9.17) is 0 Å². The van der Waals surface area contributed by atoms with Crippen LogP contribution in [0.25, 0.3) is 0 Å². The van der Waals surface area contributed by atoms with Crippen LogP contribution in [0.5, 0.6) is 0 Å². The number of carbonyl (C=O) groups is 2. The molecule has 7 nitrogen and oxygen atoms in total. The number of halogens is 3. The molecule has 176 valence electrons. The second-order valence-corrected chi connectivity index (χ2v) is 7.80. The highest BCUT2D eigenvalue weighted by atomic mass is 19.4. The number of pyridine rings is 1. The third-order valence-electron chi connectivity index (χ3n) is 5.06. The second kappa shape index (κ2) is 10.6. The molecule has 2 heterocycles. The molecule has 0 spiro atoms. The number of hydrogen-bond acceptors (Lipinski definition) is 6. The molecular weight excluding hydrogens is 437 g/mol. The number of esters is 1. The number of ether oxygens (including phenoxy) is 1. The summed E-state index contributed by atoms with van der Waals surface area (Å²) in [6.07, 6.45) is -0.359. The van der Waals surface area contributed by atoms with Crippen LogP contribution in [0.3, 0.4) is 0 Å². The maximum Gasteiger partial charge on any atom is 0.491 e. The van der Waals surface area contributed by atoms with Gasteiger partial charge >= 0.3 is 12.1 Å². The number of rotatable bonds is 8. The fourth-order valence-corrected chi connectivity index (χ4v) is 3.42. The number of carbonyl (C=O) groups excluding carboxylic acids is 2. The molecule has 0 saturated heterocycles. The Morgan fingerprint density at radius 3 is 2.55 bits per heavy atom. The first-order valence-corrected chi connectivity index (χ1v) is 10.3. The van der Waals surface area contributed by atoms with E-state index in [2.05, 4.69) is 15.0 Å². The van der Waals surface area contributed by atoms with Crippen molar-refractivity contribution in [3.05, 3.63) is 71.3 Å². The van der Waals surface area contributed by atoms with E-state index in [9.17, 15) is 22.8 Å². The van der Waals surface area contributed by atoms with Crippen molar-refractivity contribution in [3.63, 3.8) is 0 Å². The Labute approximate surface area is 189 Å². The third-order valence-corrected chi connectivity index (χ3v) is 5.06. The van der Waals surface area contributed by atoms with Gasteiger partial charge in [-0.15, -0.1) is 0 Å². The number of nitrogens with zero attached hydrogens (tertiary/aromatic N) is 3. The Balaban J connectivity index is 1.97. The quantitative estimate of drug-likeness (QED) is 0.370. The summed E-state index contributed by atoms with van der Waals surface area (Å²) in [5.74, 6) is -3.91. The molecule has 0 saturated carbocycles. The van der Waals surface area contributed by atoms with Crippen molar-refractivity contribution in [3.8, 4) is 0 Å². The lowest BCUT2D eigenvalue weighted by atomic mass is 10.1. The number of amides is 1. The number of nitrogens with one attached hydrogen (secondary N) is 1. The monoisotopic (exact) mass is 462 g/mol. The van der Waals surface area contributed by atoms with Crippen LogP contribution in [0.2, 0.25) is 0 Å².